The zero-order valence-electron chi connectivity index (χ0n) is 14.5. The lowest BCUT2D eigenvalue weighted by molar-refractivity contribution is -0.114. The Morgan fingerprint density at radius 2 is 1.96 bits per heavy atom. The quantitative estimate of drug-likeness (QED) is 0.606. The van der Waals surface area contributed by atoms with E-state index in [2.05, 4.69) is 10.5 Å². The van der Waals surface area contributed by atoms with E-state index in [1.165, 1.54) is 7.11 Å². The van der Waals surface area contributed by atoms with Gasteiger partial charge in [0.1, 0.15) is 19.5 Å². The highest BCUT2D eigenvalue weighted by molar-refractivity contribution is 6.45. The van der Waals surface area contributed by atoms with Crippen molar-refractivity contribution >= 4 is 23.2 Å². The van der Waals surface area contributed by atoms with Crippen LogP contribution in [0.15, 0.2) is 47.6 Å². The van der Waals surface area contributed by atoms with E-state index in [9.17, 15) is 4.79 Å². The van der Waals surface area contributed by atoms with E-state index >= 15 is 0 Å². The maximum Gasteiger partial charge on any atom is 0.273 e. The number of ether oxygens (including phenoxy) is 1. The molecule has 0 saturated carbocycles. The zero-order chi connectivity index (χ0) is 18.2. The number of nitrogens with one attached hydrogen (secondary N) is 1. The molecular weight excluding hydrogens is 340 g/mol. The minimum Gasteiger partial charge on any atom is -0.489 e. The number of benzene rings is 2. The minimum atomic E-state index is -0.325. The van der Waals surface area contributed by atoms with Gasteiger partial charge in [-0.3, -0.25) is 4.79 Å². The van der Waals surface area contributed by atoms with Gasteiger partial charge in [0.25, 0.3) is 5.91 Å². The molecule has 0 bridgehead atoms. The summed E-state index contributed by atoms with van der Waals surface area (Å²) in [4.78, 5) is 16.9. The summed E-state index contributed by atoms with van der Waals surface area (Å²) >= 11 is 6.14. The van der Waals surface area contributed by atoms with Crippen LogP contribution in [0.1, 0.15) is 23.6 Å². The SMILES string of the molecule is CCc1cc(OCc2ccccc2C(=NOC)C(=O)NC)ccc1Cl. The summed E-state index contributed by atoms with van der Waals surface area (Å²) in [5, 5.41) is 7.14. The van der Waals surface area contributed by atoms with Crippen molar-refractivity contribution in [1.82, 2.24) is 5.32 Å². The van der Waals surface area contributed by atoms with Gasteiger partial charge in [0.15, 0.2) is 5.71 Å². The van der Waals surface area contributed by atoms with Gasteiger partial charge in [-0.05, 0) is 35.7 Å². The Morgan fingerprint density at radius 1 is 1.20 bits per heavy atom. The Hall–Kier alpha value is -2.53. The maximum atomic E-state index is 12.1. The highest BCUT2D eigenvalue weighted by Crippen LogP contribution is 2.23. The average molecular weight is 361 g/mol. The lowest BCUT2D eigenvalue weighted by Gasteiger charge is -2.13. The van der Waals surface area contributed by atoms with Crippen LogP contribution in [0.3, 0.4) is 0 Å². The van der Waals surface area contributed by atoms with Crippen LogP contribution in [0.2, 0.25) is 5.02 Å². The molecule has 0 spiro atoms. The summed E-state index contributed by atoms with van der Waals surface area (Å²) in [6.45, 7) is 2.33. The number of aryl methyl sites for hydroxylation is 1. The van der Waals surface area contributed by atoms with Crippen molar-refractivity contribution in [2.45, 2.75) is 20.0 Å². The van der Waals surface area contributed by atoms with E-state index in [0.29, 0.717) is 12.2 Å². The molecule has 0 atom stereocenters. The van der Waals surface area contributed by atoms with Gasteiger partial charge < -0.3 is 14.9 Å². The van der Waals surface area contributed by atoms with Crippen molar-refractivity contribution in [1.29, 1.82) is 0 Å². The van der Waals surface area contributed by atoms with Crippen molar-refractivity contribution < 1.29 is 14.4 Å². The standard InChI is InChI=1S/C19H21ClN2O3/c1-4-13-11-15(9-10-17(13)20)25-12-14-7-5-6-8-16(14)18(22-24-3)19(23)21-2/h5-11H,4,12H2,1-3H3,(H,21,23). The summed E-state index contributed by atoms with van der Waals surface area (Å²) in [6, 6.07) is 13.0. The number of likely N-dealkylation sites (N-methyl/N-ethyl adjacent to an activating group) is 1. The van der Waals surface area contributed by atoms with Crippen LogP contribution in [-0.2, 0) is 22.7 Å². The van der Waals surface area contributed by atoms with Crippen LogP contribution in [-0.4, -0.2) is 25.8 Å². The normalized spacial score (nSPS) is 11.1. The minimum absolute atomic E-state index is 0.203. The number of nitrogens with zero attached hydrogens (tertiary/aromatic N) is 1. The van der Waals surface area contributed by atoms with Crippen molar-refractivity contribution in [2.24, 2.45) is 5.16 Å². The van der Waals surface area contributed by atoms with Gasteiger partial charge >= 0.3 is 0 Å². The van der Waals surface area contributed by atoms with Gasteiger partial charge in [0.2, 0.25) is 0 Å². The predicted molar refractivity (Wildman–Crippen MR) is 99.2 cm³/mol. The molecule has 1 N–H and O–H groups in total. The van der Waals surface area contributed by atoms with E-state index in [1.54, 1.807) is 7.05 Å². The van der Waals surface area contributed by atoms with Gasteiger partial charge in [-0.2, -0.15) is 0 Å². The summed E-state index contributed by atoms with van der Waals surface area (Å²) in [7, 11) is 2.95. The molecule has 0 radical (unpaired) electrons. The third-order valence-corrected chi connectivity index (χ3v) is 4.06. The molecule has 0 aliphatic carbocycles. The smallest absolute Gasteiger partial charge is 0.273 e. The predicted octanol–water partition coefficient (Wildman–Crippen LogP) is 3.58. The first-order valence-electron chi connectivity index (χ1n) is 7.93. The van der Waals surface area contributed by atoms with Crippen molar-refractivity contribution in [3.8, 4) is 5.75 Å². The number of carbonyl (C=O) groups is 1. The van der Waals surface area contributed by atoms with Gasteiger partial charge in [0, 0.05) is 17.6 Å². The number of hydrogen-bond donors (Lipinski definition) is 1. The molecule has 1 amide bonds. The molecule has 25 heavy (non-hydrogen) atoms. The molecule has 0 heterocycles. The lowest BCUT2D eigenvalue weighted by atomic mass is 10.0. The van der Waals surface area contributed by atoms with E-state index in [-0.39, 0.29) is 11.6 Å². The molecule has 0 aliphatic heterocycles. The molecule has 0 aromatic heterocycles. The molecule has 2 aromatic carbocycles. The number of rotatable bonds is 7. The van der Waals surface area contributed by atoms with Crippen LogP contribution >= 0.6 is 11.6 Å². The van der Waals surface area contributed by atoms with Crippen LogP contribution in [0.25, 0.3) is 0 Å². The highest BCUT2D eigenvalue weighted by Gasteiger charge is 2.17. The highest BCUT2D eigenvalue weighted by atomic mass is 35.5. The number of hydrogen-bond acceptors (Lipinski definition) is 4. The Labute approximate surface area is 152 Å². The number of halogens is 1. The van der Waals surface area contributed by atoms with Crippen molar-refractivity contribution in [3.05, 3.63) is 64.2 Å². The fourth-order valence-corrected chi connectivity index (χ4v) is 2.62. The monoisotopic (exact) mass is 360 g/mol. The second-order valence-electron chi connectivity index (χ2n) is 5.25. The van der Waals surface area contributed by atoms with Crippen LogP contribution < -0.4 is 10.1 Å². The maximum absolute atomic E-state index is 12.1. The largest absolute Gasteiger partial charge is 0.489 e. The molecule has 2 rings (SSSR count). The topological polar surface area (TPSA) is 59.9 Å². The summed E-state index contributed by atoms with van der Waals surface area (Å²) < 4.78 is 5.89. The molecule has 0 aliphatic rings. The summed E-state index contributed by atoms with van der Waals surface area (Å²) in [5.74, 6) is 0.398. The zero-order valence-corrected chi connectivity index (χ0v) is 15.3. The summed E-state index contributed by atoms with van der Waals surface area (Å²) in [5.41, 5.74) is 2.72. The van der Waals surface area contributed by atoms with E-state index in [0.717, 1.165) is 28.3 Å². The van der Waals surface area contributed by atoms with Gasteiger partial charge in [-0.15, -0.1) is 0 Å². The molecule has 0 fully saturated rings. The molecule has 2 aromatic rings. The summed E-state index contributed by atoms with van der Waals surface area (Å²) in [6.07, 6.45) is 0.827. The average Bonchev–Trinajstić information content (AvgIpc) is 2.65. The fourth-order valence-electron chi connectivity index (χ4n) is 2.37. The lowest BCUT2D eigenvalue weighted by Crippen LogP contribution is -2.29. The Balaban J connectivity index is 2.26. The van der Waals surface area contributed by atoms with Gasteiger partial charge in [-0.1, -0.05) is 47.9 Å². The third-order valence-electron chi connectivity index (χ3n) is 3.69. The molecule has 132 valence electrons. The van der Waals surface area contributed by atoms with Crippen LogP contribution in [0.4, 0.5) is 0 Å². The number of oxime groups is 1. The molecular formula is C19H21ClN2O3. The van der Waals surface area contributed by atoms with Gasteiger partial charge in [0.05, 0.1) is 0 Å². The Kier molecular flexibility index (Phi) is 6.83. The Morgan fingerprint density at radius 3 is 2.64 bits per heavy atom. The third kappa shape index (κ3) is 4.73. The van der Waals surface area contributed by atoms with E-state index in [4.69, 9.17) is 21.2 Å². The van der Waals surface area contributed by atoms with Crippen LogP contribution in [0.5, 0.6) is 5.75 Å². The Bertz CT molecular complexity index is 775. The van der Waals surface area contributed by atoms with Crippen molar-refractivity contribution in [3.63, 3.8) is 0 Å². The van der Waals surface area contributed by atoms with Gasteiger partial charge in [-0.25, -0.2) is 0 Å². The molecule has 0 saturated heterocycles. The second kappa shape index (κ2) is 9.08. The molecule has 5 nitrogen and oxygen atoms in total. The van der Waals surface area contributed by atoms with E-state index < -0.39 is 0 Å². The first-order valence-corrected chi connectivity index (χ1v) is 8.31. The molecule has 0 unspecified atom stereocenters. The molecule has 6 heteroatoms. The van der Waals surface area contributed by atoms with E-state index in [1.807, 2.05) is 49.4 Å². The first kappa shape index (κ1) is 18.8. The number of carbonyl (C=O) groups excluding carboxylic acids is 1. The van der Waals surface area contributed by atoms with Crippen molar-refractivity contribution in [2.75, 3.05) is 14.2 Å². The van der Waals surface area contributed by atoms with Crippen LogP contribution in [0, 0.1) is 0 Å². The second-order valence-corrected chi connectivity index (χ2v) is 5.66. The first-order chi connectivity index (χ1) is 12.1. The fraction of sp³-hybridized carbons (Fsp3) is 0.263. The number of amides is 1.